The second-order valence-corrected chi connectivity index (χ2v) is 6.17. The van der Waals surface area contributed by atoms with Gasteiger partial charge in [-0.2, -0.15) is 0 Å². The van der Waals surface area contributed by atoms with Gasteiger partial charge in [0, 0.05) is 0 Å². The van der Waals surface area contributed by atoms with Gasteiger partial charge < -0.3 is 14.1 Å². The van der Waals surface area contributed by atoms with E-state index in [1.807, 2.05) is 54.5 Å². The van der Waals surface area contributed by atoms with Crippen LogP contribution in [0.3, 0.4) is 0 Å². The molecule has 1 saturated heterocycles. The lowest BCUT2D eigenvalue weighted by Gasteiger charge is -2.37. The van der Waals surface area contributed by atoms with Crippen molar-refractivity contribution >= 4 is 17.7 Å². The van der Waals surface area contributed by atoms with Crippen LogP contribution in [0.1, 0.15) is 29.1 Å². The van der Waals surface area contributed by atoms with Crippen LogP contribution in [0.5, 0.6) is 0 Å². The second kappa shape index (κ2) is 6.58. The average Bonchev–Trinajstić information content (AvgIpc) is 3.04. The molecule has 1 fully saturated rings. The van der Waals surface area contributed by atoms with Gasteiger partial charge in [-0.15, -0.1) is 0 Å². The van der Waals surface area contributed by atoms with E-state index >= 15 is 0 Å². The predicted molar refractivity (Wildman–Crippen MR) is 86.1 cm³/mol. The number of thioether (sulfide) groups is 1. The highest BCUT2D eigenvalue weighted by molar-refractivity contribution is 7.98. The van der Waals surface area contributed by atoms with Crippen molar-refractivity contribution in [3.05, 3.63) is 53.8 Å². The Morgan fingerprint density at radius 1 is 1.23 bits per heavy atom. The Morgan fingerprint density at radius 3 is 2.68 bits per heavy atom. The number of amides is 1. The van der Waals surface area contributed by atoms with Crippen LogP contribution < -0.4 is 0 Å². The van der Waals surface area contributed by atoms with Crippen molar-refractivity contribution in [3.63, 3.8) is 0 Å². The third kappa shape index (κ3) is 3.05. The van der Waals surface area contributed by atoms with Gasteiger partial charge in [-0.25, -0.2) is 0 Å². The summed E-state index contributed by atoms with van der Waals surface area (Å²) in [7, 11) is 0. The molecule has 2 aromatic rings. The molecule has 0 saturated carbocycles. The van der Waals surface area contributed by atoms with Crippen LogP contribution in [0.2, 0.25) is 0 Å². The number of benzene rings is 1. The summed E-state index contributed by atoms with van der Waals surface area (Å²) in [4.78, 5) is 14.5. The molecule has 5 heteroatoms. The number of ether oxygens (including phenoxy) is 1. The molecule has 1 aliphatic heterocycles. The fourth-order valence-corrected chi connectivity index (χ4v) is 2.97. The Balaban J connectivity index is 1.78. The third-order valence-corrected chi connectivity index (χ3v) is 4.48. The molecule has 0 radical (unpaired) electrons. The zero-order valence-corrected chi connectivity index (χ0v) is 13.5. The summed E-state index contributed by atoms with van der Waals surface area (Å²) in [6, 6.07) is 13.6. The van der Waals surface area contributed by atoms with Gasteiger partial charge in [-0.3, -0.25) is 4.79 Å². The first-order valence-corrected chi connectivity index (χ1v) is 8.53. The molecule has 1 amide bonds. The molecule has 116 valence electrons. The summed E-state index contributed by atoms with van der Waals surface area (Å²) >= 11 is 1.49. The summed E-state index contributed by atoms with van der Waals surface area (Å²) in [6.45, 7) is 3.07. The van der Waals surface area contributed by atoms with Crippen molar-refractivity contribution in [1.82, 2.24) is 4.90 Å². The number of hydrogen-bond acceptors (Lipinski definition) is 4. The molecule has 0 spiro atoms. The SMILES string of the molecule is CSc1ccc(C(=O)N2C[C@H](c3ccccc3)OC[C@H]2C)o1. The fraction of sp³-hybridized carbons (Fsp3) is 0.353. The molecular weight excluding hydrogens is 298 g/mol. The minimum atomic E-state index is -0.0867. The van der Waals surface area contributed by atoms with E-state index in [2.05, 4.69) is 0 Å². The molecule has 0 bridgehead atoms. The van der Waals surface area contributed by atoms with E-state index in [1.54, 1.807) is 6.07 Å². The third-order valence-electron chi connectivity index (χ3n) is 3.86. The van der Waals surface area contributed by atoms with Gasteiger partial charge in [0.15, 0.2) is 10.9 Å². The van der Waals surface area contributed by atoms with Crippen molar-refractivity contribution in [1.29, 1.82) is 0 Å². The van der Waals surface area contributed by atoms with Crippen LogP contribution in [0.4, 0.5) is 0 Å². The largest absolute Gasteiger partial charge is 0.445 e. The minimum Gasteiger partial charge on any atom is -0.445 e. The first kappa shape index (κ1) is 15.2. The molecule has 0 N–H and O–H groups in total. The summed E-state index contributed by atoms with van der Waals surface area (Å²) in [5.74, 6) is 0.321. The quantitative estimate of drug-likeness (QED) is 0.811. The number of nitrogens with zero attached hydrogens (tertiary/aromatic N) is 1. The summed E-state index contributed by atoms with van der Waals surface area (Å²) < 4.78 is 11.5. The molecular formula is C17H19NO3S. The molecule has 0 unspecified atom stereocenters. The highest BCUT2D eigenvalue weighted by atomic mass is 32.2. The average molecular weight is 317 g/mol. The number of rotatable bonds is 3. The minimum absolute atomic E-state index is 0.0373. The normalized spacial score (nSPS) is 21.8. The van der Waals surface area contributed by atoms with E-state index in [4.69, 9.17) is 9.15 Å². The second-order valence-electron chi connectivity index (χ2n) is 5.36. The molecule has 0 aliphatic carbocycles. The molecule has 1 aromatic carbocycles. The summed E-state index contributed by atoms with van der Waals surface area (Å²) in [5.41, 5.74) is 1.09. The van der Waals surface area contributed by atoms with Gasteiger partial charge in [-0.05, 0) is 30.9 Å². The lowest BCUT2D eigenvalue weighted by molar-refractivity contribution is -0.0496. The van der Waals surface area contributed by atoms with Crippen LogP contribution in [0.15, 0.2) is 52.0 Å². The molecule has 2 atom stereocenters. The zero-order chi connectivity index (χ0) is 15.5. The van der Waals surface area contributed by atoms with Gasteiger partial charge >= 0.3 is 0 Å². The van der Waals surface area contributed by atoms with Crippen molar-refractivity contribution in [2.24, 2.45) is 0 Å². The Labute approximate surface area is 134 Å². The van der Waals surface area contributed by atoms with Crippen LogP contribution in [0.25, 0.3) is 0 Å². The molecule has 4 nitrogen and oxygen atoms in total. The monoisotopic (exact) mass is 317 g/mol. The highest BCUT2D eigenvalue weighted by Crippen LogP contribution is 2.27. The topological polar surface area (TPSA) is 42.7 Å². The van der Waals surface area contributed by atoms with E-state index in [9.17, 15) is 4.79 Å². The summed E-state index contributed by atoms with van der Waals surface area (Å²) in [6.07, 6.45) is 1.84. The standard InChI is InChI=1S/C17H19NO3S/c1-12-11-20-15(13-6-4-3-5-7-13)10-18(12)17(19)14-8-9-16(21-14)22-2/h3-9,12,15H,10-11H2,1-2H3/t12-,15-/m1/s1. The smallest absolute Gasteiger partial charge is 0.290 e. The number of morpholine rings is 1. The van der Waals surface area contributed by atoms with E-state index < -0.39 is 0 Å². The Morgan fingerprint density at radius 2 is 2.00 bits per heavy atom. The van der Waals surface area contributed by atoms with Gasteiger partial charge in [0.1, 0.15) is 6.10 Å². The Kier molecular flexibility index (Phi) is 4.55. The van der Waals surface area contributed by atoms with Crippen molar-refractivity contribution < 1.29 is 13.9 Å². The number of hydrogen-bond donors (Lipinski definition) is 0. The molecule has 2 heterocycles. The van der Waals surface area contributed by atoms with Gasteiger partial charge in [0.2, 0.25) is 0 Å². The van der Waals surface area contributed by atoms with Crippen LogP contribution in [0, 0.1) is 0 Å². The molecule has 22 heavy (non-hydrogen) atoms. The molecule has 3 rings (SSSR count). The number of furan rings is 1. The van der Waals surface area contributed by atoms with E-state index in [-0.39, 0.29) is 18.1 Å². The van der Waals surface area contributed by atoms with E-state index in [1.165, 1.54) is 11.8 Å². The summed E-state index contributed by atoms with van der Waals surface area (Å²) in [5, 5.41) is 0.754. The first-order valence-electron chi connectivity index (χ1n) is 7.30. The van der Waals surface area contributed by atoms with Crippen LogP contribution in [-0.4, -0.2) is 36.3 Å². The predicted octanol–water partition coefficient (Wildman–Crippen LogP) is 3.60. The van der Waals surface area contributed by atoms with Crippen molar-refractivity contribution in [2.45, 2.75) is 24.2 Å². The van der Waals surface area contributed by atoms with E-state index in [0.29, 0.717) is 18.9 Å². The van der Waals surface area contributed by atoms with Gasteiger partial charge in [0.25, 0.3) is 5.91 Å². The fourth-order valence-electron chi connectivity index (χ4n) is 2.60. The van der Waals surface area contributed by atoms with Gasteiger partial charge in [-0.1, -0.05) is 42.1 Å². The van der Waals surface area contributed by atoms with Crippen LogP contribution in [-0.2, 0) is 4.74 Å². The lowest BCUT2D eigenvalue weighted by atomic mass is 10.1. The zero-order valence-electron chi connectivity index (χ0n) is 12.7. The van der Waals surface area contributed by atoms with Gasteiger partial charge in [0.05, 0.1) is 19.2 Å². The maximum Gasteiger partial charge on any atom is 0.290 e. The first-order chi connectivity index (χ1) is 10.7. The molecule has 1 aliphatic rings. The Hall–Kier alpha value is -1.72. The highest BCUT2D eigenvalue weighted by Gasteiger charge is 2.32. The maximum absolute atomic E-state index is 12.7. The molecule has 1 aromatic heterocycles. The lowest BCUT2D eigenvalue weighted by Crippen LogP contribution is -2.48. The van der Waals surface area contributed by atoms with E-state index in [0.717, 1.165) is 10.7 Å². The number of carbonyl (C=O) groups is 1. The maximum atomic E-state index is 12.7. The number of carbonyl (C=O) groups excluding carboxylic acids is 1. The van der Waals surface area contributed by atoms with Crippen molar-refractivity contribution in [2.75, 3.05) is 19.4 Å². The van der Waals surface area contributed by atoms with Crippen molar-refractivity contribution in [3.8, 4) is 0 Å². The van der Waals surface area contributed by atoms with Crippen LogP contribution >= 0.6 is 11.8 Å². The Bertz CT molecular complexity index is 640.